The molecule has 125 heavy (non-hydrogen) atoms. The summed E-state index contributed by atoms with van der Waals surface area (Å²) >= 11 is 12.7. The van der Waals surface area contributed by atoms with E-state index in [0.29, 0.717) is 73.1 Å². The predicted octanol–water partition coefficient (Wildman–Crippen LogP) is 33.0. The number of ether oxygens (including phenoxy) is 6. The van der Waals surface area contributed by atoms with Crippen molar-refractivity contribution in [1.82, 2.24) is 0 Å². The molecule has 10 aromatic rings. The molecule has 0 saturated heterocycles. The van der Waals surface area contributed by atoms with Crippen molar-refractivity contribution in [3.63, 3.8) is 0 Å². The van der Waals surface area contributed by atoms with Crippen LogP contribution in [0.25, 0.3) is 6.08 Å². The van der Waals surface area contributed by atoms with Crippen LogP contribution in [-0.2, 0) is 44.9 Å². The van der Waals surface area contributed by atoms with Crippen LogP contribution in [0.5, 0.6) is 34.5 Å². The number of aryl methyl sites for hydroxylation is 6. The summed E-state index contributed by atoms with van der Waals surface area (Å²) in [4.78, 5) is 0. The van der Waals surface area contributed by atoms with Crippen LogP contribution in [0, 0.1) is 26.6 Å². The molecule has 5 heterocycles. The number of halogens is 3. The van der Waals surface area contributed by atoms with Crippen LogP contribution < -0.4 is 33.7 Å². The Hall–Kier alpha value is -8.95. The largest absolute Gasteiger partial charge is 0.497 e. The Kier molecular flexibility index (Phi) is 41.5. The minimum Gasteiger partial charge on any atom is -0.497 e. The zero-order valence-electron chi connectivity index (χ0n) is 80.7. The summed E-state index contributed by atoms with van der Waals surface area (Å²) in [6.07, 6.45) is 19.8. The van der Waals surface area contributed by atoms with Gasteiger partial charge in [-0.05, 0) is 306 Å². The lowest BCUT2D eigenvalue weighted by Gasteiger charge is -2.22. The number of allylic oxidation sites excluding steroid dienone is 1. The average Bonchev–Trinajstić information content (AvgIpc) is 1.56. The molecule has 17 rings (SSSR count). The summed E-state index contributed by atoms with van der Waals surface area (Å²) in [6, 6.07) is 61.8. The number of nitrogens with one attached hydrogen (secondary N) is 1. The van der Waals surface area contributed by atoms with E-state index in [1.165, 1.54) is 134 Å². The first-order valence-corrected chi connectivity index (χ1v) is 47.8. The number of methoxy groups -OCH3 is 1. The third-order valence-electron chi connectivity index (χ3n) is 24.2. The highest BCUT2D eigenvalue weighted by molar-refractivity contribution is 6.34. The molecule has 0 amide bonds. The monoisotopic (exact) mass is 1730 g/mol. The van der Waals surface area contributed by atoms with Crippen molar-refractivity contribution in [3.8, 4) is 34.5 Å². The smallest absolute Gasteiger partial charge is 0.161 e. The van der Waals surface area contributed by atoms with E-state index >= 15 is 0 Å². The molecule has 0 saturated carbocycles. The van der Waals surface area contributed by atoms with Crippen LogP contribution in [0.2, 0.25) is 10.0 Å². The Balaban J connectivity index is 0.000000172. The highest BCUT2D eigenvalue weighted by Gasteiger charge is 2.22. The van der Waals surface area contributed by atoms with Crippen molar-refractivity contribution in [2.75, 3.05) is 52.0 Å². The zero-order chi connectivity index (χ0) is 91.0. The van der Waals surface area contributed by atoms with Gasteiger partial charge in [-0.3, -0.25) is 0 Å². The van der Waals surface area contributed by atoms with Gasteiger partial charge in [0.1, 0.15) is 42.0 Å². The van der Waals surface area contributed by atoms with E-state index in [1.807, 2.05) is 38.1 Å². The second kappa shape index (κ2) is 51.1. The van der Waals surface area contributed by atoms with Gasteiger partial charge in [-0.15, -0.1) is 0 Å². The molecular formula is C115H152Cl2FNO6. The molecule has 2 aliphatic carbocycles. The fraction of sp³-hybridized carbons (Fsp3) is 0.461. The number of rotatable bonds is 11. The Bertz CT molecular complexity index is 4680. The molecule has 0 aromatic heterocycles. The summed E-state index contributed by atoms with van der Waals surface area (Å²) in [5, 5.41) is 5.24. The van der Waals surface area contributed by atoms with Crippen LogP contribution >= 0.6 is 23.2 Å². The van der Waals surface area contributed by atoms with Gasteiger partial charge in [0, 0.05) is 18.2 Å². The molecule has 0 bridgehead atoms. The summed E-state index contributed by atoms with van der Waals surface area (Å²) in [5.41, 5.74) is 29.9. The number of anilines is 1. The standard InChI is InChI=1S/C14H20.C12H16ClN.C12H15ClO.C12H15FO.C12H16O.C12H14.C11H14O2.C10H14O.2C10H14/c1-10(2)13-9-8-12-6-4-5-7-14(12)11(13)3;1-8(2)10-6-5-9-4-3-7-14-12(9)11(10)13;1-8(2)9-5-6-11-10(12(9)13)4-3-7-14-11;1-8(2)10-6-9-4-3-5-14-12(9)7-11(10)13;1-9(2)10-5-6-12-11(8-10)4-3-7-13-12;1-9(2)11-7-6-10-4-3-5-12(10)8-11;1-8(2)9-3-4-10-11(7-9)13-6-5-12-10;1-8(2)9-4-6-10(11-3)7-5-9;2*1-8(2)10-6-4-9(3)5-7-10/h8-10H,4-7H2,1-3H3;5-6,8,14H,3-4,7H2,1-2H3;5-6,8H,3-4,7H2,1-2H3;6-8H,3-5H2,1-2H3;5-6,8-9H,3-4,7H2,1-2H3;3-4,6-9H,5H2,1-2H3;3-4,7-8H,5-6H2,1-2H3;4-8H,1-3H3;2*4-8H,1-3H3. The quantitative estimate of drug-likeness (QED) is 0.138. The lowest BCUT2D eigenvalue weighted by atomic mass is 9.84. The fourth-order valence-electron chi connectivity index (χ4n) is 16.0. The van der Waals surface area contributed by atoms with E-state index < -0.39 is 0 Å². The van der Waals surface area contributed by atoms with E-state index in [0.717, 1.165) is 120 Å². The van der Waals surface area contributed by atoms with Gasteiger partial charge in [0.25, 0.3) is 0 Å². The zero-order valence-corrected chi connectivity index (χ0v) is 82.2. The first kappa shape index (κ1) is 101. The van der Waals surface area contributed by atoms with Crippen molar-refractivity contribution in [2.24, 2.45) is 0 Å². The summed E-state index contributed by atoms with van der Waals surface area (Å²) in [6.45, 7) is 55.1. The van der Waals surface area contributed by atoms with Gasteiger partial charge in [0.15, 0.2) is 11.5 Å². The minimum absolute atomic E-state index is 0.138. The number of fused-ring (bicyclic) bond motifs is 7. The van der Waals surface area contributed by atoms with Gasteiger partial charge in [0.05, 0.1) is 42.7 Å². The van der Waals surface area contributed by atoms with Crippen molar-refractivity contribution in [2.45, 2.75) is 302 Å². The van der Waals surface area contributed by atoms with E-state index in [2.05, 4.69) is 308 Å². The topological polar surface area (TPSA) is 67.4 Å². The molecule has 7 aliphatic rings. The van der Waals surface area contributed by atoms with Gasteiger partial charge in [-0.2, -0.15) is 0 Å². The Morgan fingerprint density at radius 3 is 1.28 bits per heavy atom. The third kappa shape index (κ3) is 31.2. The molecule has 5 aliphatic heterocycles. The van der Waals surface area contributed by atoms with E-state index in [4.69, 9.17) is 51.6 Å². The first-order chi connectivity index (χ1) is 59.7. The third-order valence-corrected chi connectivity index (χ3v) is 25.0. The maximum absolute atomic E-state index is 13.5. The molecule has 0 fully saturated rings. The molecule has 7 nitrogen and oxygen atoms in total. The van der Waals surface area contributed by atoms with Crippen molar-refractivity contribution in [3.05, 3.63) is 315 Å². The molecule has 10 aromatic carbocycles. The lowest BCUT2D eigenvalue weighted by molar-refractivity contribution is 0.171. The normalized spacial score (nSPS) is 13.9. The summed E-state index contributed by atoms with van der Waals surface area (Å²) in [5.74, 6) is 10.9. The Labute approximate surface area is 765 Å². The molecule has 1 N–H and O–H groups in total. The van der Waals surface area contributed by atoms with Gasteiger partial charge >= 0.3 is 0 Å². The second-order valence-corrected chi connectivity index (χ2v) is 38.2. The summed E-state index contributed by atoms with van der Waals surface area (Å²) in [7, 11) is 1.68. The van der Waals surface area contributed by atoms with Gasteiger partial charge in [-0.25, -0.2) is 4.39 Å². The van der Waals surface area contributed by atoms with Gasteiger partial charge in [-0.1, -0.05) is 312 Å². The lowest BCUT2D eigenvalue weighted by Crippen LogP contribution is -2.15. The Morgan fingerprint density at radius 1 is 0.320 bits per heavy atom. The minimum atomic E-state index is -0.138. The Morgan fingerprint density at radius 2 is 0.728 bits per heavy atom. The number of hydrogen-bond donors (Lipinski definition) is 1. The van der Waals surface area contributed by atoms with E-state index in [1.54, 1.807) is 29.4 Å². The highest BCUT2D eigenvalue weighted by atomic mass is 35.5. The van der Waals surface area contributed by atoms with Crippen LogP contribution in [0.15, 0.2) is 182 Å². The van der Waals surface area contributed by atoms with Crippen molar-refractivity contribution < 1.29 is 32.8 Å². The summed E-state index contributed by atoms with van der Waals surface area (Å²) < 4.78 is 46.0. The highest BCUT2D eigenvalue weighted by Crippen LogP contribution is 2.40. The fourth-order valence-corrected chi connectivity index (χ4v) is 17.0. The molecular weight excluding hydrogens is 1580 g/mol. The van der Waals surface area contributed by atoms with E-state index in [9.17, 15) is 4.39 Å². The van der Waals surface area contributed by atoms with Crippen LogP contribution in [0.4, 0.5) is 10.1 Å². The maximum Gasteiger partial charge on any atom is 0.161 e. The molecule has 674 valence electrons. The molecule has 0 spiro atoms. The van der Waals surface area contributed by atoms with Crippen molar-refractivity contribution in [1.29, 1.82) is 0 Å². The van der Waals surface area contributed by atoms with Crippen LogP contribution in [-0.4, -0.2) is 46.7 Å². The van der Waals surface area contributed by atoms with Crippen molar-refractivity contribution >= 4 is 35.0 Å². The number of hydrogen-bond acceptors (Lipinski definition) is 7. The van der Waals surface area contributed by atoms with Crippen LogP contribution in [0.1, 0.15) is 353 Å². The van der Waals surface area contributed by atoms with E-state index in [-0.39, 0.29) is 11.7 Å². The second-order valence-electron chi connectivity index (χ2n) is 37.4. The van der Waals surface area contributed by atoms with Crippen LogP contribution in [0.3, 0.4) is 0 Å². The predicted molar refractivity (Wildman–Crippen MR) is 535 cm³/mol. The average molecular weight is 1730 g/mol. The number of benzene rings is 10. The molecule has 0 unspecified atom stereocenters. The first-order valence-electron chi connectivity index (χ1n) is 47.0. The SMILES string of the molecule is CC(C)c1cc2c(cc1F)OCCC2.CC(C)c1ccc2c(c1)CC=C2.CC(C)c1ccc2c(c1)CCCO2.CC(C)c1ccc2c(c1)OCCO2.CC(C)c1ccc2c(c1Cl)CCCO2.CC(C)c1ccc2c(c1Cl)NCCC2.COc1ccc(C(C)C)cc1.Cc1c(C(C)C)ccc2c1CCCC2.Cc1ccc(C(C)C)cc1.Cc1ccc(C(C)C)cc1. The molecule has 0 atom stereocenters. The molecule has 0 radical (unpaired) electrons. The van der Waals surface area contributed by atoms with Gasteiger partial charge in [0.2, 0.25) is 0 Å². The van der Waals surface area contributed by atoms with Gasteiger partial charge < -0.3 is 33.7 Å². The maximum atomic E-state index is 13.5. The molecule has 10 heteroatoms.